The number of aliphatic carboxylic acids is 1. The number of carboxylic acids is 1. The van der Waals surface area contributed by atoms with Gasteiger partial charge in [0.15, 0.2) is 5.13 Å². The first-order valence-electron chi connectivity index (χ1n) is 10.4. The summed E-state index contributed by atoms with van der Waals surface area (Å²) in [6, 6.07) is -0.973. The van der Waals surface area contributed by atoms with Crippen LogP contribution in [0.25, 0.3) is 0 Å². The van der Waals surface area contributed by atoms with Gasteiger partial charge in [0.05, 0.1) is 0 Å². The molecule has 0 saturated carbocycles. The predicted octanol–water partition coefficient (Wildman–Crippen LogP) is -1.76. The molecule has 0 aliphatic carbocycles. The standard InChI is InChI=1S/C17H21N11O5S3/c1-27-17(22-25-26-27)35-6-7-5-34-14-9(13(30)28(14)10(7)15(31)32)20-12(29)8(23-33-4-2-3-18)11-21-16(19)36-24-11/h9,14H,2-6,18H2,1H3,(H,20,29)(H,31,32)(H2,19,21,24)/b23-8+/t9?,14-/m1/s1. The monoisotopic (exact) mass is 555 g/mol. The Hall–Kier alpha value is -3.29. The first-order valence-corrected chi connectivity index (χ1v) is 13.2. The summed E-state index contributed by atoms with van der Waals surface area (Å²) >= 11 is 3.47. The average Bonchev–Trinajstić information content (AvgIpc) is 3.47. The fraction of sp³-hybridized carbons (Fsp3) is 0.471. The molecule has 4 heterocycles. The molecule has 6 N–H and O–H groups in total. The number of nitrogens with zero attached hydrogens (tertiary/aromatic N) is 8. The smallest absolute Gasteiger partial charge is 0.352 e. The van der Waals surface area contributed by atoms with Crippen molar-refractivity contribution < 1.29 is 24.3 Å². The number of aromatic nitrogens is 6. The zero-order valence-electron chi connectivity index (χ0n) is 18.7. The van der Waals surface area contributed by atoms with Gasteiger partial charge in [0.2, 0.25) is 16.7 Å². The van der Waals surface area contributed by atoms with Crippen LogP contribution in [0.2, 0.25) is 0 Å². The van der Waals surface area contributed by atoms with Gasteiger partial charge in [0, 0.05) is 30.1 Å². The van der Waals surface area contributed by atoms with Gasteiger partial charge in [-0.05, 0) is 29.0 Å². The molecule has 192 valence electrons. The van der Waals surface area contributed by atoms with Gasteiger partial charge in [0.1, 0.15) is 23.7 Å². The Kier molecular flexibility index (Phi) is 8.01. The molecule has 2 aliphatic rings. The summed E-state index contributed by atoms with van der Waals surface area (Å²) in [6.45, 7) is 0.541. The Balaban J connectivity index is 1.48. The van der Waals surface area contributed by atoms with E-state index in [9.17, 15) is 19.5 Å². The van der Waals surface area contributed by atoms with E-state index >= 15 is 0 Å². The van der Waals surface area contributed by atoms with E-state index in [1.807, 2.05) is 0 Å². The van der Waals surface area contributed by atoms with Gasteiger partial charge < -0.3 is 26.7 Å². The van der Waals surface area contributed by atoms with Crippen LogP contribution in [0.15, 0.2) is 21.6 Å². The first kappa shape index (κ1) is 25.8. The van der Waals surface area contributed by atoms with Gasteiger partial charge in [-0.2, -0.15) is 9.36 Å². The maximum absolute atomic E-state index is 13.0. The molecule has 2 atom stereocenters. The van der Waals surface area contributed by atoms with Gasteiger partial charge in [-0.3, -0.25) is 14.5 Å². The quantitative estimate of drug-likeness (QED) is 0.0792. The van der Waals surface area contributed by atoms with Crippen molar-refractivity contribution in [3.8, 4) is 0 Å². The summed E-state index contributed by atoms with van der Waals surface area (Å²) in [6.07, 6.45) is 0.512. The molecule has 0 radical (unpaired) electrons. The van der Waals surface area contributed by atoms with Gasteiger partial charge in [-0.25, -0.2) is 9.48 Å². The third kappa shape index (κ3) is 5.27. The molecule has 36 heavy (non-hydrogen) atoms. The molecule has 1 fully saturated rings. The molecule has 0 spiro atoms. The lowest BCUT2D eigenvalue weighted by molar-refractivity contribution is -0.150. The first-order chi connectivity index (χ1) is 17.3. The lowest BCUT2D eigenvalue weighted by Crippen LogP contribution is -2.71. The highest BCUT2D eigenvalue weighted by Crippen LogP contribution is 2.41. The van der Waals surface area contributed by atoms with Crippen molar-refractivity contribution in [2.45, 2.75) is 23.0 Å². The Bertz CT molecular complexity index is 1230. The SMILES string of the molecule is Cn1nnnc1SCC1=C(C(=O)O)N2C(=O)C(NC(=O)/C(=N/OCCCN)c3nsc(N)n3)[C@H]2SC1. The topological polar surface area (TPSA) is 230 Å². The van der Waals surface area contributed by atoms with Crippen LogP contribution in [0.1, 0.15) is 12.2 Å². The van der Waals surface area contributed by atoms with Crippen molar-refractivity contribution in [1.82, 2.24) is 39.8 Å². The number of nitrogens with two attached hydrogens (primary N) is 2. The number of tetrazole rings is 1. The lowest BCUT2D eigenvalue weighted by Gasteiger charge is -2.49. The van der Waals surface area contributed by atoms with E-state index in [1.165, 1.54) is 33.1 Å². The molecule has 19 heteroatoms. The summed E-state index contributed by atoms with van der Waals surface area (Å²) in [7, 11) is 1.67. The van der Waals surface area contributed by atoms with Crippen LogP contribution < -0.4 is 16.8 Å². The number of nitrogen functional groups attached to an aromatic ring is 1. The van der Waals surface area contributed by atoms with E-state index in [0.717, 1.165) is 11.5 Å². The number of thioether (sulfide) groups is 2. The Morgan fingerprint density at radius 2 is 2.22 bits per heavy atom. The van der Waals surface area contributed by atoms with Crippen molar-refractivity contribution >= 4 is 63.7 Å². The van der Waals surface area contributed by atoms with Crippen LogP contribution >= 0.6 is 35.1 Å². The van der Waals surface area contributed by atoms with E-state index in [2.05, 4.69) is 35.4 Å². The maximum Gasteiger partial charge on any atom is 0.352 e. The third-order valence-corrected chi connectivity index (χ3v) is 7.94. The zero-order chi connectivity index (χ0) is 25.8. The van der Waals surface area contributed by atoms with E-state index in [1.54, 1.807) is 7.05 Å². The molecule has 0 aromatic carbocycles. The number of hydrogen-bond acceptors (Lipinski definition) is 15. The van der Waals surface area contributed by atoms with Crippen molar-refractivity contribution in [2.24, 2.45) is 17.9 Å². The number of carboxylic acid groups (broad SMARTS) is 1. The number of carbonyl (C=O) groups excluding carboxylic acids is 2. The molecule has 0 bridgehead atoms. The van der Waals surface area contributed by atoms with Gasteiger partial charge >= 0.3 is 5.97 Å². The highest BCUT2D eigenvalue weighted by atomic mass is 32.2. The fourth-order valence-corrected chi connectivity index (χ4v) is 6.04. The molecular weight excluding hydrogens is 534 g/mol. The molecule has 1 unspecified atom stereocenters. The number of β-lactam (4-membered cyclic amide) rings is 1. The van der Waals surface area contributed by atoms with Crippen molar-refractivity contribution in [3.63, 3.8) is 0 Å². The molecule has 2 aromatic rings. The van der Waals surface area contributed by atoms with Crippen molar-refractivity contribution in [1.29, 1.82) is 0 Å². The fourth-order valence-electron chi connectivity index (χ4n) is 3.27. The van der Waals surface area contributed by atoms with Gasteiger partial charge in [0.25, 0.3) is 11.8 Å². The van der Waals surface area contributed by atoms with Crippen LogP contribution in [0.3, 0.4) is 0 Å². The van der Waals surface area contributed by atoms with Crippen molar-refractivity contribution in [2.75, 3.05) is 30.4 Å². The van der Waals surface area contributed by atoms with Crippen LogP contribution in [0.5, 0.6) is 0 Å². The summed E-state index contributed by atoms with van der Waals surface area (Å²) < 4.78 is 5.45. The van der Waals surface area contributed by atoms with Crippen molar-refractivity contribution in [3.05, 3.63) is 17.1 Å². The van der Waals surface area contributed by atoms with Crippen LogP contribution in [-0.2, 0) is 26.3 Å². The Morgan fingerprint density at radius 3 is 2.86 bits per heavy atom. The second kappa shape index (κ2) is 11.2. The van der Waals surface area contributed by atoms with Gasteiger partial charge in [-0.15, -0.1) is 16.9 Å². The number of amides is 2. The maximum atomic E-state index is 13.0. The molecule has 2 amide bonds. The average molecular weight is 556 g/mol. The molecule has 1 saturated heterocycles. The minimum Gasteiger partial charge on any atom is -0.477 e. The number of aryl methyl sites for hydroxylation is 1. The molecule has 4 rings (SSSR count). The molecule has 2 aromatic heterocycles. The number of rotatable bonds is 11. The van der Waals surface area contributed by atoms with E-state index in [4.69, 9.17) is 16.3 Å². The highest BCUT2D eigenvalue weighted by Gasteiger charge is 2.54. The Morgan fingerprint density at radius 1 is 1.42 bits per heavy atom. The van der Waals surface area contributed by atoms with Crippen LogP contribution in [-0.4, -0.2) is 99.1 Å². The number of fused-ring (bicyclic) bond motifs is 1. The summed E-state index contributed by atoms with van der Waals surface area (Å²) in [4.78, 5) is 48.3. The van der Waals surface area contributed by atoms with Crippen LogP contribution in [0.4, 0.5) is 5.13 Å². The molecular formula is C17H21N11O5S3. The number of anilines is 1. The number of hydrogen-bond donors (Lipinski definition) is 4. The minimum absolute atomic E-state index is 0.0497. The molecule has 16 nitrogen and oxygen atoms in total. The summed E-state index contributed by atoms with van der Waals surface area (Å²) in [5.41, 5.74) is 11.2. The number of oxime groups is 1. The second-order valence-corrected chi connectivity index (χ2v) is 10.2. The van der Waals surface area contributed by atoms with Crippen LogP contribution in [0, 0.1) is 0 Å². The zero-order valence-corrected chi connectivity index (χ0v) is 21.2. The highest BCUT2D eigenvalue weighted by molar-refractivity contribution is 8.01. The normalized spacial score (nSPS) is 19.7. The van der Waals surface area contributed by atoms with E-state index in [0.29, 0.717) is 29.4 Å². The Labute approximate surface area is 216 Å². The lowest BCUT2D eigenvalue weighted by atomic mass is 10.0. The number of carbonyl (C=O) groups is 3. The largest absolute Gasteiger partial charge is 0.477 e. The summed E-state index contributed by atoms with van der Waals surface area (Å²) in [5.74, 6) is -1.97. The van der Waals surface area contributed by atoms with E-state index in [-0.39, 0.29) is 34.7 Å². The minimum atomic E-state index is -1.23. The van der Waals surface area contributed by atoms with E-state index < -0.39 is 29.2 Å². The number of nitrogens with one attached hydrogen (secondary N) is 1. The van der Waals surface area contributed by atoms with Gasteiger partial charge in [-0.1, -0.05) is 16.9 Å². The summed E-state index contributed by atoms with van der Waals surface area (Å²) in [5, 5.41) is 27.4. The molecule has 2 aliphatic heterocycles. The second-order valence-electron chi connectivity index (χ2n) is 7.36. The third-order valence-electron chi connectivity index (χ3n) is 4.96. The predicted molar refractivity (Wildman–Crippen MR) is 130 cm³/mol.